The lowest BCUT2D eigenvalue weighted by molar-refractivity contribution is 0.269. The van der Waals surface area contributed by atoms with Gasteiger partial charge in [-0.25, -0.2) is 9.37 Å². The summed E-state index contributed by atoms with van der Waals surface area (Å²) in [5.41, 5.74) is 1.96. The Hall–Kier alpha value is -3.04. The second-order valence-corrected chi connectivity index (χ2v) is 10.1. The Morgan fingerprint density at radius 1 is 1.03 bits per heavy atom. The number of hydrogen-bond acceptors (Lipinski definition) is 5. The van der Waals surface area contributed by atoms with E-state index in [2.05, 4.69) is 43.9 Å². The van der Waals surface area contributed by atoms with Gasteiger partial charge in [0, 0.05) is 20.9 Å². The molecule has 37 heavy (non-hydrogen) atoms. The van der Waals surface area contributed by atoms with Crippen molar-refractivity contribution < 1.29 is 13.9 Å². The molecule has 0 saturated heterocycles. The lowest BCUT2D eigenvalue weighted by Crippen LogP contribution is -2.22. The Bertz CT molecular complexity index is 1490. The van der Waals surface area contributed by atoms with Crippen molar-refractivity contribution in [2.75, 3.05) is 6.61 Å². The Balaban J connectivity index is 1.68. The van der Waals surface area contributed by atoms with Crippen molar-refractivity contribution in [2.24, 2.45) is 5.10 Å². The Labute approximate surface area is 231 Å². The number of ether oxygens (including phenoxy) is 2. The van der Waals surface area contributed by atoms with E-state index in [4.69, 9.17) is 14.5 Å². The molecule has 9 heteroatoms. The average Bonchev–Trinajstić information content (AvgIpc) is 2.89. The number of rotatable bonds is 10. The summed E-state index contributed by atoms with van der Waals surface area (Å²) < 4.78 is 27.9. The van der Waals surface area contributed by atoms with E-state index in [1.54, 1.807) is 36.5 Å². The van der Waals surface area contributed by atoms with Gasteiger partial charge in [-0.2, -0.15) is 9.78 Å². The first kappa shape index (κ1) is 27.0. The van der Waals surface area contributed by atoms with Gasteiger partial charge in [-0.15, -0.1) is 0 Å². The largest absolute Gasteiger partial charge is 0.490 e. The second-order valence-electron chi connectivity index (χ2n) is 8.32. The number of aromatic nitrogens is 2. The molecular weight excluding hydrogens is 605 g/mol. The Kier molecular flexibility index (Phi) is 9.10. The molecule has 0 atom stereocenters. The number of hydrogen-bond donors (Lipinski definition) is 0. The number of halogens is 3. The average molecular weight is 631 g/mol. The molecule has 0 amide bonds. The van der Waals surface area contributed by atoms with Crippen LogP contribution in [-0.4, -0.2) is 22.5 Å². The lowest BCUT2D eigenvalue weighted by Gasteiger charge is -2.14. The summed E-state index contributed by atoms with van der Waals surface area (Å²) >= 11 is 7.02. The zero-order chi connectivity index (χ0) is 26.4. The van der Waals surface area contributed by atoms with E-state index in [0.29, 0.717) is 51.3 Å². The standard InChI is InChI=1S/C28H26Br2FN3O3/c1-3-5-6-27-33-24-12-9-20(29)14-22(24)28(35)34(27)32-16-19-13-25(36-4-2)26(15-23(19)30)37-17-18-7-10-21(31)11-8-18/h7-16H,3-6,17H2,1-2H3. The molecule has 3 aromatic carbocycles. The fourth-order valence-electron chi connectivity index (χ4n) is 3.70. The van der Waals surface area contributed by atoms with E-state index < -0.39 is 0 Å². The maximum atomic E-state index is 13.3. The third kappa shape index (κ3) is 6.64. The number of aryl methyl sites for hydroxylation is 1. The van der Waals surface area contributed by atoms with E-state index in [9.17, 15) is 9.18 Å². The summed E-state index contributed by atoms with van der Waals surface area (Å²) in [4.78, 5) is 18.1. The van der Waals surface area contributed by atoms with Crippen LogP contribution in [0.4, 0.5) is 4.39 Å². The molecule has 6 nitrogen and oxygen atoms in total. The summed E-state index contributed by atoms with van der Waals surface area (Å²) in [7, 11) is 0. The Morgan fingerprint density at radius 3 is 2.51 bits per heavy atom. The molecule has 1 heterocycles. The maximum absolute atomic E-state index is 13.3. The summed E-state index contributed by atoms with van der Waals surface area (Å²) in [5, 5.41) is 5.03. The molecule has 0 aliphatic heterocycles. The smallest absolute Gasteiger partial charge is 0.282 e. The van der Waals surface area contributed by atoms with Gasteiger partial charge < -0.3 is 9.47 Å². The maximum Gasteiger partial charge on any atom is 0.282 e. The number of fused-ring (bicyclic) bond motifs is 1. The lowest BCUT2D eigenvalue weighted by atomic mass is 10.2. The van der Waals surface area contributed by atoms with Crippen LogP contribution < -0.4 is 15.0 Å². The molecule has 0 aliphatic rings. The van der Waals surface area contributed by atoms with Crippen LogP contribution in [0.5, 0.6) is 11.5 Å². The summed E-state index contributed by atoms with van der Waals surface area (Å²) in [6.07, 6.45) is 4.11. The highest BCUT2D eigenvalue weighted by molar-refractivity contribution is 9.10. The van der Waals surface area contributed by atoms with Gasteiger partial charge in [-0.3, -0.25) is 4.79 Å². The minimum Gasteiger partial charge on any atom is -0.490 e. The van der Waals surface area contributed by atoms with Crippen LogP contribution in [0.2, 0.25) is 0 Å². The molecule has 0 N–H and O–H groups in total. The van der Waals surface area contributed by atoms with E-state index in [0.717, 1.165) is 22.9 Å². The van der Waals surface area contributed by atoms with Gasteiger partial charge >= 0.3 is 0 Å². The van der Waals surface area contributed by atoms with E-state index in [1.165, 1.54) is 16.8 Å². The highest BCUT2D eigenvalue weighted by Gasteiger charge is 2.13. The predicted molar refractivity (Wildman–Crippen MR) is 151 cm³/mol. The molecular formula is C28H26Br2FN3O3. The van der Waals surface area contributed by atoms with Crippen LogP contribution in [0.15, 0.2) is 73.4 Å². The molecule has 0 fully saturated rings. The van der Waals surface area contributed by atoms with E-state index in [1.807, 2.05) is 19.1 Å². The zero-order valence-corrected chi connectivity index (χ0v) is 23.7. The van der Waals surface area contributed by atoms with E-state index >= 15 is 0 Å². The number of benzene rings is 3. The second kappa shape index (κ2) is 12.5. The minimum atomic E-state index is -0.295. The van der Waals surface area contributed by atoms with Crippen molar-refractivity contribution in [3.63, 3.8) is 0 Å². The zero-order valence-electron chi connectivity index (χ0n) is 20.5. The molecule has 192 valence electrons. The molecule has 0 saturated carbocycles. The highest BCUT2D eigenvalue weighted by atomic mass is 79.9. The summed E-state index contributed by atoms with van der Waals surface area (Å²) in [6.45, 7) is 4.68. The van der Waals surface area contributed by atoms with Gasteiger partial charge in [-0.05, 0) is 77.3 Å². The van der Waals surface area contributed by atoms with Crippen LogP contribution in [0.3, 0.4) is 0 Å². The van der Waals surface area contributed by atoms with Crippen LogP contribution in [0.25, 0.3) is 10.9 Å². The Morgan fingerprint density at radius 2 is 1.78 bits per heavy atom. The molecule has 1 aromatic heterocycles. The number of unbranched alkanes of at least 4 members (excludes halogenated alkanes) is 1. The summed E-state index contributed by atoms with van der Waals surface area (Å²) in [6, 6.07) is 15.2. The van der Waals surface area contributed by atoms with Gasteiger partial charge in [0.05, 0.1) is 23.7 Å². The molecule has 0 radical (unpaired) electrons. The third-order valence-corrected chi connectivity index (χ3v) is 6.79. The first-order valence-corrected chi connectivity index (χ1v) is 13.6. The van der Waals surface area contributed by atoms with Crippen LogP contribution in [0.1, 0.15) is 43.6 Å². The van der Waals surface area contributed by atoms with Crippen molar-refractivity contribution in [3.8, 4) is 11.5 Å². The van der Waals surface area contributed by atoms with Gasteiger partial charge in [0.15, 0.2) is 11.5 Å². The van der Waals surface area contributed by atoms with Crippen molar-refractivity contribution in [1.29, 1.82) is 0 Å². The first-order chi connectivity index (χ1) is 17.9. The predicted octanol–water partition coefficient (Wildman–Crippen LogP) is 7.26. The molecule has 4 aromatic rings. The SMILES string of the molecule is CCCCc1nc2ccc(Br)cc2c(=O)n1N=Cc1cc(OCC)c(OCc2ccc(F)cc2)cc1Br. The monoisotopic (exact) mass is 629 g/mol. The highest BCUT2D eigenvalue weighted by Crippen LogP contribution is 2.34. The molecule has 4 rings (SSSR count). The van der Waals surface area contributed by atoms with Crippen LogP contribution in [-0.2, 0) is 13.0 Å². The van der Waals surface area contributed by atoms with Gasteiger partial charge in [0.25, 0.3) is 5.56 Å². The quantitative estimate of drug-likeness (QED) is 0.173. The van der Waals surface area contributed by atoms with Gasteiger partial charge in [0.1, 0.15) is 18.2 Å². The van der Waals surface area contributed by atoms with Crippen molar-refractivity contribution in [3.05, 3.63) is 96.7 Å². The minimum absolute atomic E-state index is 0.228. The van der Waals surface area contributed by atoms with Crippen LogP contribution >= 0.6 is 31.9 Å². The fraction of sp³-hybridized carbons (Fsp3) is 0.250. The van der Waals surface area contributed by atoms with Crippen molar-refractivity contribution >= 4 is 49.0 Å². The molecule has 0 unspecified atom stereocenters. The van der Waals surface area contributed by atoms with Crippen molar-refractivity contribution in [2.45, 2.75) is 39.7 Å². The number of nitrogens with zero attached hydrogens (tertiary/aromatic N) is 3. The molecule has 0 bridgehead atoms. The third-order valence-electron chi connectivity index (χ3n) is 5.61. The van der Waals surface area contributed by atoms with Gasteiger partial charge in [-0.1, -0.05) is 41.4 Å². The van der Waals surface area contributed by atoms with Gasteiger partial charge in [0.2, 0.25) is 0 Å². The normalized spacial score (nSPS) is 11.4. The van der Waals surface area contributed by atoms with Crippen molar-refractivity contribution in [1.82, 2.24) is 9.66 Å². The van der Waals surface area contributed by atoms with Crippen LogP contribution in [0, 0.1) is 5.82 Å². The fourth-order valence-corrected chi connectivity index (χ4v) is 4.49. The molecule has 0 spiro atoms. The summed E-state index contributed by atoms with van der Waals surface area (Å²) in [5.74, 6) is 1.39. The first-order valence-electron chi connectivity index (χ1n) is 12.0. The topological polar surface area (TPSA) is 65.7 Å². The molecule has 0 aliphatic carbocycles. The van der Waals surface area contributed by atoms with E-state index in [-0.39, 0.29) is 18.0 Å².